The minimum absolute atomic E-state index is 0.00662. The van der Waals surface area contributed by atoms with E-state index in [-0.39, 0.29) is 30.5 Å². The Kier molecular flexibility index (Phi) is 6.78. The van der Waals surface area contributed by atoms with E-state index in [1.807, 2.05) is 17.0 Å². The average Bonchev–Trinajstić information content (AvgIpc) is 3.22. The maximum absolute atomic E-state index is 13.5. The molecular weight excluding hydrogens is 442 g/mol. The van der Waals surface area contributed by atoms with Gasteiger partial charge < -0.3 is 24.0 Å². The summed E-state index contributed by atoms with van der Waals surface area (Å²) in [6.45, 7) is 2.20. The smallest absolute Gasteiger partial charge is 0.268 e. The van der Waals surface area contributed by atoms with Gasteiger partial charge in [0.2, 0.25) is 5.91 Å². The average molecular weight is 472 g/mol. The maximum atomic E-state index is 13.5. The van der Waals surface area contributed by atoms with Gasteiger partial charge in [0.1, 0.15) is 24.6 Å². The summed E-state index contributed by atoms with van der Waals surface area (Å²) in [6.07, 6.45) is 8.72. The number of hydrogen-bond donors (Lipinski definition) is 0. The molecule has 4 heterocycles. The van der Waals surface area contributed by atoms with Gasteiger partial charge in [0, 0.05) is 36.9 Å². The van der Waals surface area contributed by atoms with E-state index >= 15 is 0 Å². The van der Waals surface area contributed by atoms with Crippen molar-refractivity contribution in [3.05, 3.63) is 40.3 Å². The Hall–Kier alpha value is -2.65. The lowest BCUT2D eigenvalue weighted by Crippen LogP contribution is -2.46. The van der Waals surface area contributed by atoms with Gasteiger partial charge in [-0.2, -0.15) is 0 Å². The van der Waals surface area contributed by atoms with Crippen molar-refractivity contribution >= 4 is 23.2 Å². The molecule has 9 heteroatoms. The van der Waals surface area contributed by atoms with Crippen molar-refractivity contribution in [1.82, 2.24) is 14.8 Å². The first-order chi connectivity index (χ1) is 16.2. The molecule has 0 radical (unpaired) electrons. The van der Waals surface area contributed by atoms with E-state index in [9.17, 15) is 9.59 Å². The summed E-state index contributed by atoms with van der Waals surface area (Å²) in [6, 6.07) is 4.05. The zero-order chi connectivity index (χ0) is 22.6. The van der Waals surface area contributed by atoms with Crippen LogP contribution in [0.3, 0.4) is 0 Å². The Morgan fingerprint density at radius 1 is 1.12 bits per heavy atom. The molecule has 8 nitrogen and oxygen atoms in total. The standard InChI is InChI=1S/C24H29N3O5S/c28-21-14-26(24(29)23-22-20(16-33-23)30-10-11-31-22)12-19(32-15-17-6-8-25-9-7-17)13-27(21)18-4-2-1-3-5-18/h6-9,16,18-19H,1-5,10-15H2/t19-/m1/s1. The number of nitrogens with zero attached hydrogens (tertiary/aromatic N) is 3. The number of thiophene rings is 1. The summed E-state index contributed by atoms with van der Waals surface area (Å²) in [5.74, 6) is 0.882. The van der Waals surface area contributed by atoms with E-state index in [1.165, 1.54) is 17.8 Å². The van der Waals surface area contributed by atoms with Crippen molar-refractivity contribution in [2.24, 2.45) is 0 Å². The quantitative estimate of drug-likeness (QED) is 0.667. The number of carbonyl (C=O) groups is 2. The number of carbonyl (C=O) groups excluding carboxylic acids is 2. The molecule has 5 rings (SSSR count). The van der Waals surface area contributed by atoms with Gasteiger partial charge in [-0.3, -0.25) is 14.6 Å². The summed E-state index contributed by atoms with van der Waals surface area (Å²) >= 11 is 1.30. The molecule has 176 valence electrons. The van der Waals surface area contributed by atoms with E-state index < -0.39 is 0 Å². The highest BCUT2D eigenvalue weighted by Gasteiger charge is 2.37. The van der Waals surface area contributed by atoms with Crippen molar-refractivity contribution in [3.8, 4) is 11.5 Å². The molecule has 1 atom stereocenters. The van der Waals surface area contributed by atoms with Crippen LogP contribution in [0.5, 0.6) is 11.5 Å². The molecule has 2 aromatic heterocycles. The summed E-state index contributed by atoms with van der Waals surface area (Å²) in [5, 5.41) is 1.80. The zero-order valence-corrected chi connectivity index (χ0v) is 19.4. The number of ether oxygens (including phenoxy) is 3. The number of hydrogen-bond acceptors (Lipinski definition) is 7. The zero-order valence-electron chi connectivity index (χ0n) is 18.6. The molecular formula is C24H29N3O5S. The topological polar surface area (TPSA) is 81.2 Å². The second-order valence-corrected chi connectivity index (χ2v) is 9.65. The molecule has 0 N–H and O–H groups in total. The predicted octanol–water partition coefficient (Wildman–Crippen LogP) is 3.12. The van der Waals surface area contributed by atoms with E-state index in [4.69, 9.17) is 14.2 Å². The van der Waals surface area contributed by atoms with Gasteiger partial charge in [-0.1, -0.05) is 19.3 Å². The van der Waals surface area contributed by atoms with Gasteiger partial charge in [-0.15, -0.1) is 11.3 Å². The summed E-state index contributed by atoms with van der Waals surface area (Å²) < 4.78 is 17.6. The van der Waals surface area contributed by atoms with Crippen LogP contribution in [-0.4, -0.2) is 71.6 Å². The molecule has 1 saturated heterocycles. The van der Waals surface area contributed by atoms with Gasteiger partial charge in [0.15, 0.2) is 11.5 Å². The fourth-order valence-corrected chi connectivity index (χ4v) is 5.69. The Morgan fingerprint density at radius 3 is 2.73 bits per heavy atom. The third kappa shape index (κ3) is 4.99. The SMILES string of the molecule is O=C(c1scc2c1OCCO2)N1CC(=O)N(C2CCCCC2)C[C@H](OCc2ccncc2)C1. The minimum Gasteiger partial charge on any atom is -0.485 e. The molecule has 2 amide bonds. The van der Waals surface area contributed by atoms with Crippen LogP contribution in [-0.2, 0) is 16.1 Å². The van der Waals surface area contributed by atoms with Crippen LogP contribution in [0.15, 0.2) is 29.9 Å². The monoisotopic (exact) mass is 471 g/mol. The van der Waals surface area contributed by atoms with Crippen molar-refractivity contribution in [2.75, 3.05) is 32.8 Å². The van der Waals surface area contributed by atoms with Crippen LogP contribution >= 0.6 is 11.3 Å². The van der Waals surface area contributed by atoms with Gasteiger partial charge in [-0.25, -0.2) is 0 Å². The Balaban J connectivity index is 1.36. The third-order valence-corrected chi connectivity index (χ3v) is 7.43. The van der Waals surface area contributed by atoms with Gasteiger partial charge in [0.25, 0.3) is 5.91 Å². The van der Waals surface area contributed by atoms with Crippen molar-refractivity contribution < 1.29 is 23.8 Å². The van der Waals surface area contributed by atoms with Crippen LogP contribution in [0.1, 0.15) is 47.3 Å². The molecule has 1 saturated carbocycles. The molecule has 33 heavy (non-hydrogen) atoms. The largest absolute Gasteiger partial charge is 0.485 e. The first-order valence-corrected chi connectivity index (χ1v) is 12.5. The number of rotatable bonds is 5. The lowest BCUT2D eigenvalue weighted by Gasteiger charge is -2.34. The molecule has 0 spiro atoms. The normalized spacial score (nSPS) is 21.7. The first kappa shape index (κ1) is 22.2. The Bertz CT molecular complexity index is 976. The van der Waals surface area contributed by atoms with Crippen LogP contribution in [0.4, 0.5) is 0 Å². The summed E-state index contributed by atoms with van der Waals surface area (Å²) in [7, 11) is 0. The number of amides is 2. The third-order valence-electron chi connectivity index (χ3n) is 6.50. The number of aromatic nitrogens is 1. The van der Waals surface area contributed by atoms with Crippen LogP contribution < -0.4 is 9.47 Å². The number of fused-ring (bicyclic) bond motifs is 1. The molecule has 2 aromatic rings. The maximum Gasteiger partial charge on any atom is 0.268 e. The number of pyridine rings is 1. The fraction of sp³-hybridized carbons (Fsp3) is 0.542. The molecule has 0 bridgehead atoms. The highest BCUT2D eigenvalue weighted by molar-refractivity contribution is 7.12. The van der Waals surface area contributed by atoms with Crippen molar-refractivity contribution in [3.63, 3.8) is 0 Å². The van der Waals surface area contributed by atoms with Gasteiger partial charge in [0.05, 0.1) is 12.7 Å². The molecule has 0 aromatic carbocycles. The Labute approximate surface area is 197 Å². The van der Waals surface area contributed by atoms with Gasteiger partial charge >= 0.3 is 0 Å². The van der Waals surface area contributed by atoms with E-state index in [0.717, 1.165) is 31.2 Å². The van der Waals surface area contributed by atoms with Crippen molar-refractivity contribution in [2.45, 2.75) is 50.9 Å². The lowest BCUT2D eigenvalue weighted by atomic mass is 9.94. The highest BCUT2D eigenvalue weighted by atomic mass is 32.1. The highest BCUT2D eigenvalue weighted by Crippen LogP contribution is 2.40. The predicted molar refractivity (Wildman–Crippen MR) is 123 cm³/mol. The summed E-state index contributed by atoms with van der Waals surface area (Å²) in [5.41, 5.74) is 1.01. The Morgan fingerprint density at radius 2 is 1.91 bits per heavy atom. The summed E-state index contributed by atoms with van der Waals surface area (Å²) in [4.78, 5) is 34.9. The van der Waals surface area contributed by atoms with Crippen LogP contribution in [0.2, 0.25) is 0 Å². The molecule has 2 aliphatic heterocycles. The van der Waals surface area contributed by atoms with Gasteiger partial charge in [-0.05, 0) is 30.5 Å². The van der Waals surface area contributed by atoms with E-state index in [1.54, 1.807) is 22.7 Å². The second-order valence-electron chi connectivity index (χ2n) is 8.77. The van der Waals surface area contributed by atoms with Crippen molar-refractivity contribution in [1.29, 1.82) is 0 Å². The van der Waals surface area contributed by atoms with Crippen LogP contribution in [0, 0.1) is 0 Å². The van der Waals surface area contributed by atoms with Crippen LogP contribution in [0.25, 0.3) is 0 Å². The molecule has 3 aliphatic rings. The van der Waals surface area contributed by atoms with E-state index in [0.29, 0.717) is 49.3 Å². The van der Waals surface area contributed by atoms with E-state index in [2.05, 4.69) is 4.98 Å². The molecule has 0 unspecified atom stereocenters. The first-order valence-electron chi connectivity index (χ1n) is 11.7. The minimum atomic E-state index is -0.275. The lowest BCUT2D eigenvalue weighted by molar-refractivity contribution is -0.134. The molecule has 1 aliphatic carbocycles. The second kappa shape index (κ2) is 10.1. The fourth-order valence-electron chi connectivity index (χ4n) is 4.80. The molecule has 2 fully saturated rings.